The van der Waals surface area contributed by atoms with Gasteiger partial charge in [-0.05, 0) is 55.8 Å². The second-order valence-electron chi connectivity index (χ2n) is 8.31. The summed E-state index contributed by atoms with van der Waals surface area (Å²) in [7, 11) is 0. The van der Waals surface area contributed by atoms with Crippen LogP contribution >= 0.6 is 0 Å². The lowest BCUT2D eigenvalue weighted by atomic mass is 9.45. The van der Waals surface area contributed by atoms with E-state index >= 15 is 0 Å². The molecule has 0 spiro atoms. The Morgan fingerprint density at radius 1 is 1.32 bits per heavy atom. The van der Waals surface area contributed by atoms with Crippen LogP contribution in [0.3, 0.4) is 0 Å². The van der Waals surface area contributed by atoms with Crippen molar-refractivity contribution in [3.05, 3.63) is 0 Å². The predicted molar refractivity (Wildman–Crippen MR) is 85.9 cm³/mol. The first-order valence-corrected chi connectivity index (χ1v) is 8.80. The summed E-state index contributed by atoms with van der Waals surface area (Å²) in [6.07, 6.45) is 4.32. The molecule has 3 saturated carbocycles. The highest BCUT2D eigenvalue weighted by Gasteiger charge is 2.56. The summed E-state index contributed by atoms with van der Waals surface area (Å²) in [5.74, 6) is 2.33. The molecule has 1 saturated heterocycles. The molecule has 1 amide bonds. The van der Waals surface area contributed by atoms with E-state index in [9.17, 15) is 10.1 Å². The van der Waals surface area contributed by atoms with Crippen molar-refractivity contribution >= 4 is 5.91 Å². The van der Waals surface area contributed by atoms with Crippen LogP contribution in [0.4, 0.5) is 0 Å². The van der Waals surface area contributed by atoms with Crippen LogP contribution < -0.4 is 5.32 Å². The maximum absolute atomic E-state index is 12.5. The number of fused-ring (bicyclic) bond motifs is 2. The number of nitrogens with one attached hydrogen (secondary N) is 1. The van der Waals surface area contributed by atoms with Crippen molar-refractivity contribution < 1.29 is 4.79 Å². The minimum atomic E-state index is -0.222. The number of hydrogen-bond donors (Lipinski definition) is 1. The Morgan fingerprint density at radius 2 is 2.05 bits per heavy atom. The van der Waals surface area contributed by atoms with Crippen LogP contribution in [0.25, 0.3) is 0 Å². The van der Waals surface area contributed by atoms with E-state index in [0.717, 1.165) is 24.7 Å². The molecule has 0 aromatic heterocycles. The minimum absolute atomic E-state index is 0.0993. The van der Waals surface area contributed by atoms with Gasteiger partial charge in [-0.2, -0.15) is 5.26 Å². The Kier molecular flexibility index (Phi) is 3.97. The molecule has 6 atom stereocenters. The Hall–Kier alpha value is -1.08. The monoisotopic (exact) mass is 303 g/mol. The third-order valence-electron chi connectivity index (χ3n) is 6.98. The van der Waals surface area contributed by atoms with E-state index in [0.29, 0.717) is 23.9 Å². The topological polar surface area (TPSA) is 56.1 Å². The smallest absolute Gasteiger partial charge is 0.237 e. The summed E-state index contributed by atoms with van der Waals surface area (Å²) in [4.78, 5) is 14.3. The van der Waals surface area contributed by atoms with Gasteiger partial charge in [0.25, 0.3) is 0 Å². The standard InChI is InChI=1S/C18H29N3O/c1-11-5-6-14(9-19)21(11)17(22)10-20-16-8-13-7-15(12(16)2)18(13,3)4/h11-16,20H,5-8,10H2,1-4H3/t11-,12+,13-,14+,15+,16+/m1/s1. The second-order valence-corrected chi connectivity index (χ2v) is 8.31. The predicted octanol–water partition coefficient (Wildman–Crippen LogP) is 2.55. The minimum Gasteiger partial charge on any atom is -0.323 e. The average Bonchev–Trinajstić information content (AvgIpc) is 2.86. The number of rotatable bonds is 3. The fourth-order valence-electron chi connectivity index (χ4n) is 5.26. The highest BCUT2D eigenvalue weighted by atomic mass is 16.2. The molecule has 4 nitrogen and oxygen atoms in total. The highest BCUT2D eigenvalue weighted by Crippen LogP contribution is 2.61. The van der Waals surface area contributed by atoms with Gasteiger partial charge in [-0.1, -0.05) is 20.8 Å². The molecule has 4 fully saturated rings. The number of amides is 1. The van der Waals surface area contributed by atoms with Crippen molar-refractivity contribution in [3.63, 3.8) is 0 Å². The molecule has 22 heavy (non-hydrogen) atoms. The number of likely N-dealkylation sites (tertiary alicyclic amines) is 1. The first-order chi connectivity index (χ1) is 10.4. The molecular weight excluding hydrogens is 274 g/mol. The van der Waals surface area contributed by atoms with Gasteiger partial charge in [-0.15, -0.1) is 0 Å². The van der Waals surface area contributed by atoms with E-state index in [2.05, 4.69) is 39.1 Å². The molecule has 4 heteroatoms. The lowest BCUT2D eigenvalue weighted by Gasteiger charge is -2.62. The van der Waals surface area contributed by atoms with Gasteiger partial charge in [-0.3, -0.25) is 4.79 Å². The van der Waals surface area contributed by atoms with Crippen LogP contribution in [0.2, 0.25) is 0 Å². The van der Waals surface area contributed by atoms with Crippen LogP contribution in [0.5, 0.6) is 0 Å². The Bertz CT molecular complexity index is 495. The quantitative estimate of drug-likeness (QED) is 0.871. The average molecular weight is 303 g/mol. The molecule has 0 aromatic carbocycles. The van der Waals surface area contributed by atoms with Crippen molar-refractivity contribution in [1.29, 1.82) is 5.26 Å². The summed E-state index contributed by atoms with van der Waals surface area (Å²) >= 11 is 0. The maximum Gasteiger partial charge on any atom is 0.237 e. The third-order valence-corrected chi connectivity index (χ3v) is 6.98. The van der Waals surface area contributed by atoms with Crippen molar-refractivity contribution in [2.45, 2.75) is 71.5 Å². The SMILES string of the molecule is C[C@@H]1[C@@H](NCC(=O)N2[C@H](C)CC[C@H]2C#N)C[C@H]2C[C@@H]1C2(C)C. The van der Waals surface area contributed by atoms with Crippen molar-refractivity contribution in [3.8, 4) is 6.07 Å². The van der Waals surface area contributed by atoms with Crippen LogP contribution in [-0.2, 0) is 4.79 Å². The summed E-state index contributed by atoms with van der Waals surface area (Å²) in [6.45, 7) is 9.56. The molecule has 4 rings (SSSR count). The molecule has 1 aliphatic heterocycles. The fraction of sp³-hybridized carbons (Fsp3) is 0.889. The zero-order chi connectivity index (χ0) is 16.1. The summed E-state index contributed by atoms with van der Waals surface area (Å²) in [6, 6.07) is 2.71. The van der Waals surface area contributed by atoms with Gasteiger partial charge in [0.05, 0.1) is 12.6 Å². The van der Waals surface area contributed by atoms with Crippen molar-refractivity contribution in [2.75, 3.05) is 6.54 Å². The van der Waals surface area contributed by atoms with Gasteiger partial charge in [0.15, 0.2) is 0 Å². The van der Waals surface area contributed by atoms with Crippen LogP contribution in [0.1, 0.15) is 53.4 Å². The van der Waals surface area contributed by atoms with Crippen molar-refractivity contribution in [2.24, 2.45) is 23.2 Å². The van der Waals surface area contributed by atoms with Gasteiger partial charge in [0.1, 0.15) is 6.04 Å². The molecule has 0 aromatic rings. The van der Waals surface area contributed by atoms with E-state index in [1.54, 1.807) is 4.90 Å². The summed E-state index contributed by atoms with van der Waals surface area (Å²) < 4.78 is 0. The Morgan fingerprint density at radius 3 is 2.64 bits per heavy atom. The van der Waals surface area contributed by atoms with E-state index < -0.39 is 0 Å². The lowest BCUT2D eigenvalue weighted by molar-refractivity contribution is -0.134. The molecular formula is C18H29N3O. The van der Waals surface area contributed by atoms with Crippen LogP contribution in [-0.4, -0.2) is 35.5 Å². The number of hydrogen-bond acceptors (Lipinski definition) is 3. The van der Waals surface area contributed by atoms with Gasteiger partial charge < -0.3 is 10.2 Å². The van der Waals surface area contributed by atoms with Gasteiger partial charge in [0, 0.05) is 12.1 Å². The molecule has 122 valence electrons. The summed E-state index contributed by atoms with van der Waals surface area (Å²) in [5, 5.41) is 12.7. The number of carbonyl (C=O) groups excluding carboxylic acids is 1. The van der Waals surface area contributed by atoms with Gasteiger partial charge >= 0.3 is 0 Å². The molecule has 0 radical (unpaired) electrons. The molecule has 1 N–H and O–H groups in total. The van der Waals surface area contributed by atoms with Gasteiger partial charge in [0.2, 0.25) is 5.91 Å². The van der Waals surface area contributed by atoms with E-state index in [4.69, 9.17) is 0 Å². The molecule has 1 heterocycles. The molecule has 2 bridgehead atoms. The van der Waals surface area contributed by atoms with Gasteiger partial charge in [-0.25, -0.2) is 0 Å². The zero-order valence-corrected chi connectivity index (χ0v) is 14.3. The first kappa shape index (κ1) is 15.8. The zero-order valence-electron chi connectivity index (χ0n) is 14.3. The van der Waals surface area contributed by atoms with E-state index in [1.807, 2.05) is 0 Å². The Labute approximate surface area is 134 Å². The van der Waals surface area contributed by atoms with Crippen molar-refractivity contribution in [1.82, 2.24) is 10.2 Å². The van der Waals surface area contributed by atoms with E-state index in [1.165, 1.54) is 12.8 Å². The number of carbonyl (C=O) groups is 1. The normalized spacial score (nSPS) is 42.6. The lowest BCUT2D eigenvalue weighted by Crippen LogP contribution is -2.60. The number of nitriles is 1. The fourth-order valence-corrected chi connectivity index (χ4v) is 5.26. The number of nitrogens with zero attached hydrogens (tertiary/aromatic N) is 2. The third kappa shape index (κ3) is 2.34. The molecule has 0 unspecified atom stereocenters. The maximum atomic E-state index is 12.5. The summed E-state index contributed by atoms with van der Waals surface area (Å²) in [5.41, 5.74) is 0.483. The van der Waals surface area contributed by atoms with Crippen LogP contribution in [0.15, 0.2) is 0 Å². The highest BCUT2D eigenvalue weighted by molar-refractivity contribution is 5.79. The Balaban J connectivity index is 1.55. The van der Waals surface area contributed by atoms with Crippen LogP contribution in [0, 0.1) is 34.5 Å². The first-order valence-electron chi connectivity index (χ1n) is 8.80. The second kappa shape index (κ2) is 5.53. The largest absolute Gasteiger partial charge is 0.323 e. The molecule has 3 aliphatic carbocycles. The van der Waals surface area contributed by atoms with E-state index in [-0.39, 0.29) is 18.0 Å². The molecule has 4 aliphatic rings.